The fraction of sp³-hybridized carbons (Fsp3) is 0.692. The third-order valence-corrected chi connectivity index (χ3v) is 4.85. The summed E-state index contributed by atoms with van der Waals surface area (Å²) in [4.78, 5) is 50.8. The van der Waals surface area contributed by atoms with E-state index in [4.69, 9.17) is 9.05 Å². The number of nitrogens with one attached hydrogen (secondary N) is 2. The van der Waals surface area contributed by atoms with Crippen molar-refractivity contribution >= 4 is 31.4 Å². The number of carbonyl (C=O) groups excluding carboxylic acids is 4. The van der Waals surface area contributed by atoms with E-state index in [2.05, 4.69) is 15.2 Å². The topological polar surface area (TPSA) is 140 Å². The lowest BCUT2D eigenvalue weighted by molar-refractivity contribution is -0.196. The lowest BCUT2D eigenvalue weighted by Crippen LogP contribution is -2.44. The zero-order chi connectivity index (χ0) is 19.0. The van der Waals surface area contributed by atoms with E-state index >= 15 is 0 Å². The van der Waals surface area contributed by atoms with Gasteiger partial charge in [-0.05, 0) is 20.8 Å². The van der Waals surface area contributed by atoms with Gasteiger partial charge in [-0.1, -0.05) is 0 Å². The minimum atomic E-state index is -3.64. The SMILES string of the molecule is CCOP(=O)([15NH]C(C)C(=O)NCC(=O)ON1C(=O)CCC1=O)OCC. The molecule has 0 aromatic rings. The summed E-state index contributed by atoms with van der Waals surface area (Å²) in [6, 6.07) is -0.994. The number of imide groups is 1. The first kappa shape index (κ1) is 21.2. The van der Waals surface area contributed by atoms with Crippen LogP contribution in [-0.4, -0.2) is 54.6 Å². The van der Waals surface area contributed by atoms with Gasteiger partial charge in [0.15, 0.2) is 0 Å². The number of nitrogens with zero attached hydrogens (tertiary/aromatic N) is 1. The van der Waals surface area contributed by atoms with Gasteiger partial charge in [-0.2, -0.15) is 0 Å². The van der Waals surface area contributed by atoms with E-state index in [-0.39, 0.29) is 26.1 Å². The van der Waals surface area contributed by atoms with E-state index in [1.165, 1.54) is 6.92 Å². The maximum absolute atomic E-state index is 12.3. The molecule has 1 unspecified atom stereocenters. The van der Waals surface area contributed by atoms with Crippen molar-refractivity contribution in [3.05, 3.63) is 0 Å². The van der Waals surface area contributed by atoms with Crippen LogP contribution in [0.25, 0.3) is 0 Å². The molecule has 0 aromatic carbocycles. The van der Waals surface area contributed by atoms with Crippen LogP contribution >= 0.6 is 7.75 Å². The Balaban J connectivity index is 2.46. The second-order valence-electron chi connectivity index (χ2n) is 4.95. The van der Waals surface area contributed by atoms with E-state index in [1.807, 2.05) is 0 Å². The van der Waals surface area contributed by atoms with Crippen molar-refractivity contribution in [3.8, 4) is 0 Å². The Morgan fingerprint density at radius 3 is 2.16 bits per heavy atom. The Hall–Kier alpha value is -1.81. The highest BCUT2D eigenvalue weighted by atomic mass is 31.2. The van der Waals surface area contributed by atoms with Crippen LogP contribution in [0.2, 0.25) is 0 Å². The Labute approximate surface area is 144 Å². The molecule has 1 aliphatic rings. The number of amides is 3. The molecule has 142 valence electrons. The van der Waals surface area contributed by atoms with Gasteiger partial charge in [-0.3, -0.25) is 23.4 Å². The summed E-state index contributed by atoms with van der Waals surface area (Å²) in [5.41, 5.74) is 0. The average Bonchev–Trinajstić information content (AvgIpc) is 2.84. The summed E-state index contributed by atoms with van der Waals surface area (Å²) in [5.74, 6) is -2.89. The molecule has 2 N–H and O–H groups in total. The maximum Gasteiger partial charge on any atom is 0.406 e. The van der Waals surface area contributed by atoms with Crippen molar-refractivity contribution in [1.82, 2.24) is 15.5 Å². The molecule has 0 radical (unpaired) electrons. The number of hydrogen-bond acceptors (Lipinski definition) is 8. The minimum absolute atomic E-state index is 0.0242. The zero-order valence-electron chi connectivity index (χ0n) is 14.3. The second-order valence-corrected chi connectivity index (χ2v) is 6.72. The number of hydrogen-bond donors (Lipinski definition) is 2. The normalized spacial score (nSPS) is 16.0. The van der Waals surface area contributed by atoms with Gasteiger partial charge in [0.05, 0.1) is 19.3 Å². The Morgan fingerprint density at radius 1 is 1.16 bits per heavy atom. The predicted octanol–water partition coefficient (Wildman–Crippen LogP) is -0.131. The van der Waals surface area contributed by atoms with Crippen LogP contribution in [0.5, 0.6) is 0 Å². The van der Waals surface area contributed by atoms with Gasteiger partial charge >= 0.3 is 13.7 Å². The van der Waals surface area contributed by atoms with E-state index < -0.39 is 44.0 Å². The molecule has 1 saturated heterocycles. The summed E-state index contributed by atoms with van der Waals surface area (Å²) in [6.07, 6.45) is -0.0485. The Kier molecular flexibility index (Phi) is 8.17. The molecule has 0 aromatic heterocycles. The van der Waals surface area contributed by atoms with Gasteiger partial charge in [0.2, 0.25) is 5.91 Å². The maximum atomic E-state index is 12.3. The van der Waals surface area contributed by atoms with Crippen molar-refractivity contribution in [2.75, 3.05) is 19.8 Å². The van der Waals surface area contributed by atoms with Crippen LogP contribution in [0.3, 0.4) is 0 Å². The van der Waals surface area contributed by atoms with E-state index in [0.29, 0.717) is 5.06 Å². The lowest BCUT2D eigenvalue weighted by atomic mass is 10.4. The highest BCUT2D eigenvalue weighted by Gasteiger charge is 2.33. The van der Waals surface area contributed by atoms with E-state index in [9.17, 15) is 23.7 Å². The predicted molar refractivity (Wildman–Crippen MR) is 83.6 cm³/mol. The minimum Gasteiger partial charge on any atom is -0.344 e. The molecular formula is C13H22N3O8P. The number of hydroxylamine groups is 2. The molecular weight excluding hydrogens is 358 g/mol. The molecule has 0 aliphatic carbocycles. The summed E-state index contributed by atoms with van der Waals surface area (Å²) in [7, 11) is -3.64. The lowest BCUT2D eigenvalue weighted by Gasteiger charge is -2.21. The molecule has 1 fully saturated rings. The summed E-state index contributed by atoms with van der Waals surface area (Å²) < 4.78 is 22.3. The fourth-order valence-electron chi connectivity index (χ4n) is 1.85. The quantitative estimate of drug-likeness (QED) is 0.301. The Morgan fingerprint density at radius 2 is 1.68 bits per heavy atom. The van der Waals surface area contributed by atoms with Crippen LogP contribution in [0.4, 0.5) is 0 Å². The molecule has 0 bridgehead atoms. The monoisotopic (exact) mass is 380 g/mol. The van der Waals surface area contributed by atoms with Crippen molar-refractivity contribution in [2.45, 2.75) is 39.7 Å². The Bertz CT molecular complexity index is 556. The molecule has 11 nitrogen and oxygen atoms in total. The van der Waals surface area contributed by atoms with Crippen molar-refractivity contribution in [2.24, 2.45) is 0 Å². The van der Waals surface area contributed by atoms with Crippen LogP contribution in [0.1, 0.15) is 33.6 Å². The van der Waals surface area contributed by atoms with Crippen LogP contribution in [-0.2, 0) is 37.6 Å². The smallest absolute Gasteiger partial charge is 0.344 e. The summed E-state index contributed by atoms with van der Waals surface area (Å²) in [5, 5.41) is 5.05. The molecule has 1 heterocycles. The molecule has 12 heteroatoms. The standard InChI is InChI=1S/C13H22N3O8P/c1-4-22-25(21,23-5-2)15-9(3)13(20)14-8-12(19)24-16-10(17)6-7-11(16)18/h9H,4-8H2,1-3H3,(H,14,20)(H,15,21)/i15+1. The first-order valence-corrected chi connectivity index (χ1v) is 9.27. The average molecular weight is 380 g/mol. The summed E-state index contributed by atoms with van der Waals surface area (Å²) >= 11 is 0. The van der Waals surface area contributed by atoms with Crippen LogP contribution in [0.15, 0.2) is 0 Å². The molecule has 3 amide bonds. The van der Waals surface area contributed by atoms with Gasteiger partial charge in [0.25, 0.3) is 11.8 Å². The zero-order valence-corrected chi connectivity index (χ0v) is 15.2. The molecule has 1 aliphatic heterocycles. The van der Waals surface area contributed by atoms with E-state index in [1.54, 1.807) is 13.8 Å². The highest BCUT2D eigenvalue weighted by Crippen LogP contribution is 2.43. The first-order chi connectivity index (χ1) is 11.7. The highest BCUT2D eigenvalue weighted by molar-refractivity contribution is 7.51. The van der Waals surface area contributed by atoms with Gasteiger partial charge in [0, 0.05) is 12.8 Å². The molecule has 0 spiro atoms. The number of carbonyl (C=O) groups is 4. The van der Waals surface area contributed by atoms with Crippen LogP contribution < -0.4 is 10.4 Å². The van der Waals surface area contributed by atoms with Crippen molar-refractivity contribution < 1.29 is 37.6 Å². The molecule has 0 saturated carbocycles. The summed E-state index contributed by atoms with van der Waals surface area (Å²) in [6.45, 7) is 4.30. The van der Waals surface area contributed by atoms with Crippen LogP contribution in [0, 0.1) is 0 Å². The van der Waals surface area contributed by atoms with Gasteiger partial charge in [-0.15, -0.1) is 5.06 Å². The third kappa shape index (κ3) is 6.54. The third-order valence-electron chi connectivity index (χ3n) is 2.95. The second kappa shape index (κ2) is 9.62. The molecule has 25 heavy (non-hydrogen) atoms. The van der Waals surface area contributed by atoms with Crippen molar-refractivity contribution in [1.29, 1.82) is 0 Å². The molecule has 1 rings (SSSR count). The van der Waals surface area contributed by atoms with Gasteiger partial charge in [-0.25, -0.2) is 14.4 Å². The van der Waals surface area contributed by atoms with E-state index in [0.717, 1.165) is 0 Å². The van der Waals surface area contributed by atoms with Crippen molar-refractivity contribution in [3.63, 3.8) is 0 Å². The first-order valence-electron chi connectivity index (χ1n) is 7.73. The molecule has 1 atom stereocenters. The number of rotatable bonds is 10. The van der Waals surface area contributed by atoms with Gasteiger partial charge < -0.3 is 10.2 Å². The largest absolute Gasteiger partial charge is 0.406 e. The van der Waals surface area contributed by atoms with Gasteiger partial charge in [0.1, 0.15) is 6.54 Å². The fourth-order valence-corrected chi connectivity index (χ4v) is 3.35.